The number of ether oxygens (including phenoxy) is 1. The molecule has 0 saturated heterocycles. The highest BCUT2D eigenvalue weighted by Crippen LogP contribution is 2.07. The average molecular weight is 194 g/mol. The number of aromatic nitrogens is 2. The number of carbonyl (C=O) groups excluding carboxylic acids is 1. The number of hydrogen-bond acceptors (Lipinski definition) is 4. The van der Waals surface area contributed by atoms with Gasteiger partial charge in [-0.1, -0.05) is 13.8 Å². The molecule has 0 aliphatic heterocycles. The Hall–Kier alpha value is -1.45. The van der Waals surface area contributed by atoms with Gasteiger partial charge < -0.3 is 4.74 Å². The van der Waals surface area contributed by atoms with E-state index in [0.29, 0.717) is 29.8 Å². The maximum absolute atomic E-state index is 10.5. The highest BCUT2D eigenvalue weighted by Gasteiger charge is 2.03. The Bertz CT molecular complexity index is 324. The van der Waals surface area contributed by atoms with Gasteiger partial charge >= 0.3 is 6.01 Å². The number of hydrogen-bond donors (Lipinski definition) is 0. The van der Waals surface area contributed by atoms with Crippen LogP contribution in [0.15, 0.2) is 6.20 Å². The molecule has 1 heterocycles. The minimum atomic E-state index is 0.335. The summed E-state index contributed by atoms with van der Waals surface area (Å²) in [5.74, 6) is 0.435. The topological polar surface area (TPSA) is 52.1 Å². The molecule has 4 heteroatoms. The van der Waals surface area contributed by atoms with Crippen LogP contribution in [0.3, 0.4) is 0 Å². The number of nitrogens with zero attached hydrogens (tertiary/aromatic N) is 2. The summed E-state index contributed by atoms with van der Waals surface area (Å²) in [6.45, 7) is 6.44. The molecule has 1 rings (SSSR count). The SMILES string of the molecule is Cc1nc(OCC(C)C)ncc1C=O. The first-order valence-corrected chi connectivity index (χ1v) is 4.55. The van der Waals surface area contributed by atoms with Crippen molar-refractivity contribution in [1.82, 2.24) is 9.97 Å². The zero-order chi connectivity index (χ0) is 10.6. The van der Waals surface area contributed by atoms with Crippen LogP contribution in [-0.4, -0.2) is 22.9 Å². The maximum Gasteiger partial charge on any atom is 0.316 e. The van der Waals surface area contributed by atoms with Crippen LogP contribution in [0.25, 0.3) is 0 Å². The van der Waals surface area contributed by atoms with E-state index in [9.17, 15) is 4.79 Å². The molecule has 1 aromatic heterocycles. The molecule has 0 radical (unpaired) electrons. The molecule has 0 aromatic carbocycles. The molecule has 14 heavy (non-hydrogen) atoms. The second-order valence-electron chi connectivity index (χ2n) is 3.52. The molecule has 0 N–H and O–H groups in total. The summed E-state index contributed by atoms with van der Waals surface area (Å²) in [7, 11) is 0. The summed E-state index contributed by atoms with van der Waals surface area (Å²) < 4.78 is 5.31. The Morgan fingerprint density at radius 2 is 2.29 bits per heavy atom. The second kappa shape index (κ2) is 4.69. The number of aryl methyl sites for hydroxylation is 1. The molecule has 0 unspecified atom stereocenters. The molecule has 0 atom stereocenters. The molecule has 0 saturated carbocycles. The largest absolute Gasteiger partial charge is 0.463 e. The van der Waals surface area contributed by atoms with Crippen molar-refractivity contribution in [2.24, 2.45) is 5.92 Å². The van der Waals surface area contributed by atoms with E-state index in [4.69, 9.17) is 4.74 Å². The van der Waals surface area contributed by atoms with Crippen LogP contribution in [0.5, 0.6) is 6.01 Å². The van der Waals surface area contributed by atoms with Crippen molar-refractivity contribution < 1.29 is 9.53 Å². The van der Waals surface area contributed by atoms with Gasteiger partial charge in [-0.2, -0.15) is 4.98 Å². The number of carbonyl (C=O) groups is 1. The van der Waals surface area contributed by atoms with Crippen LogP contribution in [0, 0.1) is 12.8 Å². The third-order valence-corrected chi connectivity index (χ3v) is 1.67. The molecule has 1 aromatic rings. The van der Waals surface area contributed by atoms with Gasteiger partial charge in [-0.15, -0.1) is 0 Å². The molecule has 76 valence electrons. The van der Waals surface area contributed by atoms with Crippen LogP contribution < -0.4 is 4.74 Å². The molecule has 0 bridgehead atoms. The smallest absolute Gasteiger partial charge is 0.316 e. The Balaban J connectivity index is 2.71. The van der Waals surface area contributed by atoms with E-state index in [-0.39, 0.29) is 0 Å². The Labute approximate surface area is 83.3 Å². The van der Waals surface area contributed by atoms with E-state index in [2.05, 4.69) is 9.97 Å². The van der Waals surface area contributed by atoms with Crippen molar-refractivity contribution in [3.05, 3.63) is 17.5 Å². The van der Waals surface area contributed by atoms with Crippen LogP contribution in [0.4, 0.5) is 0 Å². The van der Waals surface area contributed by atoms with Gasteiger partial charge in [0.05, 0.1) is 17.9 Å². The lowest BCUT2D eigenvalue weighted by Crippen LogP contribution is -2.08. The standard InChI is InChI=1S/C10H14N2O2/c1-7(2)6-14-10-11-4-9(5-13)8(3)12-10/h4-5,7H,6H2,1-3H3. The van der Waals surface area contributed by atoms with Gasteiger partial charge in [0.1, 0.15) is 0 Å². The second-order valence-corrected chi connectivity index (χ2v) is 3.52. The van der Waals surface area contributed by atoms with E-state index in [1.54, 1.807) is 6.92 Å². The monoisotopic (exact) mass is 194 g/mol. The zero-order valence-electron chi connectivity index (χ0n) is 8.65. The van der Waals surface area contributed by atoms with Gasteiger partial charge in [0.25, 0.3) is 0 Å². The summed E-state index contributed by atoms with van der Waals surface area (Å²) in [6, 6.07) is 0.335. The molecule has 0 spiro atoms. The first kappa shape index (κ1) is 10.6. The van der Waals surface area contributed by atoms with Crippen molar-refractivity contribution in [3.8, 4) is 6.01 Å². The zero-order valence-corrected chi connectivity index (χ0v) is 8.65. The third kappa shape index (κ3) is 2.80. The van der Waals surface area contributed by atoms with Gasteiger partial charge in [-0.25, -0.2) is 4.98 Å². The number of aldehydes is 1. The normalized spacial score (nSPS) is 10.3. The fraction of sp³-hybridized carbons (Fsp3) is 0.500. The van der Waals surface area contributed by atoms with E-state index in [0.717, 1.165) is 6.29 Å². The van der Waals surface area contributed by atoms with Crippen LogP contribution >= 0.6 is 0 Å². The van der Waals surface area contributed by atoms with Crippen molar-refractivity contribution in [3.63, 3.8) is 0 Å². The Kier molecular flexibility index (Phi) is 3.56. The quantitative estimate of drug-likeness (QED) is 0.683. The number of rotatable bonds is 4. The first-order valence-electron chi connectivity index (χ1n) is 4.55. The molecular formula is C10H14N2O2. The van der Waals surface area contributed by atoms with Crippen LogP contribution in [0.1, 0.15) is 29.9 Å². The highest BCUT2D eigenvalue weighted by molar-refractivity contribution is 5.75. The summed E-state index contributed by atoms with van der Waals surface area (Å²) >= 11 is 0. The maximum atomic E-state index is 10.5. The third-order valence-electron chi connectivity index (χ3n) is 1.67. The fourth-order valence-corrected chi connectivity index (χ4v) is 0.882. The molecule has 0 aliphatic rings. The molecule has 0 amide bonds. The molecule has 0 aliphatic carbocycles. The fourth-order valence-electron chi connectivity index (χ4n) is 0.882. The lowest BCUT2D eigenvalue weighted by atomic mass is 10.2. The van der Waals surface area contributed by atoms with Gasteiger partial charge in [-0.05, 0) is 12.8 Å². The van der Waals surface area contributed by atoms with Gasteiger partial charge in [0.2, 0.25) is 0 Å². The van der Waals surface area contributed by atoms with E-state index < -0.39 is 0 Å². The Morgan fingerprint density at radius 1 is 1.57 bits per heavy atom. The first-order chi connectivity index (χ1) is 6.63. The van der Waals surface area contributed by atoms with Crippen molar-refractivity contribution in [2.75, 3.05) is 6.61 Å². The Morgan fingerprint density at radius 3 is 2.79 bits per heavy atom. The molecule has 4 nitrogen and oxygen atoms in total. The van der Waals surface area contributed by atoms with Crippen LogP contribution in [0.2, 0.25) is 0 Å². The molecular weight excluding hydrogens is 180 g/mol. The average Bonchev–Trinajstić information content (AvgIpc) is 2.15. The summed E-state index contributed by atoms with van der Waals surface area (Å²) in [5.41, 5.74) is 1.15. The predicted molar refractivity (Wildman–Crippen MR) is 52.5 cm³/mol. The highest BCUT2D eigenvalue weighted by atomic mass is 16.5. The lowest BCUT2D eigenvalue weighted by Gasteiger charge is -2.07. The van der Waals surface area contributed by atoms with E-state index in [1.165, 1.54) is 6.20 Å². The van der Waals surface area contributed by atoms with Gasteiger partial charge in [-0.3, -0.25) is 4.79 Å². The minimum Gasteiger partial charge on any atom is -0.463 e. The van der Waals surface area contributed by atoms with Crippen LogP contribution in [-0.2, 0) is 0 Å². The summed E-state index contributed by atoms with van der Waals surface area (Å²) in [5, 5.41) is 0. The minimum absolute atomic E-state index is 0.335. The lowest BCUT2D eigenvalue weighted by molar-refractivity contribution is 0.112. The van der Waals surface area contributed by atoms with Crippen molar-refractivity contribution in [1.29, 1.82) is 0 Å². The summed E-state index contributed by atoms with van der Waals surface area (Å²) in [4.78, 5) is 18.5. The van der Waals surface area contributed by atoms with Gasteiger partial charge in [0.15, 0.2) is 6.29 Å². The molecule has 0 fully saturated rings. The van der Waals surface area contributed by atoms with E-state index >= 15 is 0 Å². The predicted octanol–water partition coefficient (Wildman–Crippen LogP) is 1.63. The van der Waals surface area contributed by atoms with Crippen molar-refractivity contribution in [2.45, 2.75) is 20.8 Å². The van der Waals surface area contributed by atoms with E-state index in [1.807, 2.05) is 13.8 Å². The summed E-state index contributed by atoms with van der Waals surface area (Å²) in [6.07, 6.45) is 2.21. The van der Waals surface area contributed by atoms with Gasteiger partial charge in [0, 0.05) is 6.20 Å². The van der Waals surface area contributed by atoms with Crippen molar-refractivity contribution >= 4 is 6.29 Å².